The summed E-state index contributed by atoms with van der Waals surface area (Å²) in [7, 11) is -13.4. The second-order valence-corrected chi connectivity index (χ2v) is 10.8. The van der Waals surface area contributed by atoms with Crippen LogP contribution < -0.4 is 5.32 Å². The molecule has 160 valence electrons. The molecule has 1 aliphatic rings. The Morgan fingerprint density at radius 3 is 1.81 bits per heavy atom. The number of carbonyl (C=O) groups is 1. The third-order valence-corrected chi connectivity index (χ3v) is 9.30. The van der Waals surface area contributed by atoms with Gasteiger partial charge in [-0.2, -0.15) is 26.3 Å². The van der Waals surface area contributed by atoms with Crippen LogP contribution in [0.1, 0.15) is 39.5 Å². The fraction of sp³-hybridized carbons (Fsp3) is 0.923. The van der Waals surface area contributed by atoms with E-state index in [9.17, 15) is 48.0 Å². The van der Waals surface area contributed by atoms with Crippen LogP contribution in [0.3, 0.4) is 0 Å². The predicted molar refractivity (Wildman–Crippen MR) is 82.5 cm³/mol. The average molecular weight is 447 g/mol. The van der Waals surface area contributed by atoms with E-state index in [0.29, 0.717) is 6.42 Å². The van der Waals surface area contributed by atoms with Crippen molar-refractivity contribution in [3.05, 3.63) is 0 Å². The molecule has 0 aromatic rings. The van der Waals surface area contributed by atoms with Gasteiger partial charge in [0.1, 0.15) is 0 Å². The van der Waals surface area contributed by atoms with E-state index in [-0.39, 0.29) is 12.8 Å². The lowest BCUT2D eigenvalue weighted by Crippen LogP contribution is -2.53. The quantitative estimate of drug-likeness (QED) is 0.631. The van der Waals surface area contributed by atoms with Gasteiger partial charge in [-0.15, -0.1) is 0 Å². The first kappa shape index (κ1) is 24.0. The smallest absolute Gasteiger partial charge is 0.353 e. The molecule has 0 bridgehead atoms. The lowest BCUT2D eigenvalue weighted by Gasteiger charge is -2.30. The highest BCUT2D eigenvalue weighted by Gasteiger charge is 2.66. The molecule has 0 aliphatic heterocycles. The summed E-state index contributed by atoms with van der Waals surface area (Å²) in [5, 5.41) is 2.20. The third kappa shape index (κ3) is 4.69. The number of carbonyl (C=O) groups excluding carboxylic acids is 1. The van der Waals surface area contributed by atoms with Crippen molar-refractivity contribution in [2.24, 2.45) is 11.8 Å². The van der Waals surface area contributed by atoms with Crippen molar-refractivity contribution in [2.45, 2.75) is 61.2 Å². The summed E-state index contributed by atoms with van der Waals surface area (Å²) < 4.78 is 121. The molecule has 1 N–H and O–H groups in total. The molecule has 0 aromatic heterocycles. The normalized spacial score (nSPS) is 23.4. The first-order valence-electron chi connectivity index (χ1n) is 7.89. The maximum absolute atomic E-state index is 12.9. The monoisotopic (exact) mass is 447 g/mol. The van der Waals surface area contributed by atoms with Crippen LogP contribution in [0.25, 0.3) is 0 Å². The maximum Gasteiger partial charge on any atom is 0.498 e. The Morgan fingerprint density at radius 1 is 1.00 bits per heavy atom. The molecule has 1 aliphatic carbocycles. The molecule has 14 heteroatoms. The van der Waals surface area contributed by atoms with Gasteiger partial charge < -0.3 is 5.32 Å². The third-order valence-electron chi connectivity index (χ3n) is 4.56. The number of sulfone groups is 2. The average Bonchev–Trinajstić information content (AvgIpc) is 2.91. The van der Waals surface area contributed by atoms with E-state index >= 15 is 0 Å². The number of amides is 1. The largest absolute Gasteiger partial charge is 0.498 e. The van der Waals surface area contributed by atoms with E-state index in [1.165, 1.54) is 6.92 Å². The molecule has 27 heavy (non-hydrogen) atoms. The Bertz CT molecular complexity index is 715. The fourth-order valence-corrected chi connectivity index (χ4v) is 6.98. The molecule has 1 saturated carbocycles. The van der Waals surface area contributed by atoms with Crippen molar-refractivity contribution in [1.82, 2.24) is 5.32 Å². The van der Waals surface area contributed by atoms with E-state index in [1.807, 2.05) is 0 Å². The number of alkyl halides is 6. The van der Waals surface area contributed by atoms with Crippen molar-refractivity contribution >= 4 is 25.6 Å². The molecule has 1 fully saturated rings. The molecule has 6 nitrogen and oxygen atoms in total. The summed E-state index contributed by atoms with van der Waals surface area (Å²) in [6, 6.07) is -1.44. The minimum absolute atomic E-state index is 0.0344. The zero-order valence-electron chi connectivity index (χ0n) is 14.3. The van der Waals surface area contributed by atoms with Crippen LogP contribution in [-0.2, 0) is 24.5 Å². The van der Waals surface area contributed by atoms with Crippen molar-refractivity contribution < 1.29 is 48.0 Å². The van der Waals surface area contributed by atoms with Gasteiger partial charge in [-0.25, -0.2) is 16.8 Å². The Balaban J connectivity index is 3.46. The molecule has 3 atom stereocenters. The molecule has 0 heterocycles. The predicted octanol–water partition coefficient (Wildman–Crippen LogP) is 2.51. The van der Waals surface area contributed by atoms with Gasteiger partial charge in [0.15, 0.2) is 4.58 Å². The summed E-state index contributed by atoms with van der Waals surface area (Å²) in [4.78, 5) is 11.9. The van der Waals surface area contributed by atoms with E-state index < -0.39 is 65.5 Å². The van der Waals surface area contributed by atoms with E-state index in [1.54, 1.807) is 6.92 Å². The summed E-state index contributed by atoms with van der Waals surface area (Å²) in [6.07, 6.45) is -0.382. The lowest BCUT2D eigenvalue weighted by molar-refractivity contribution is -0.125. The van der Waals surface area contributed by atoms with E-state index in [0.717, 1.165) is 0 Å². The highest BCUT2D eigenvalue weighted by atomic mass is 32.3. The van der Waals surface area contributed by atoms with Gasteiger partial charge in [0.2, 0.25) is 5.91 Å². The van der Waals surface area contributed by atoms with Crippen molar-refractivity contribution in [2.75, 3.05) is 0 Å². The Kier molecular flexibility index (Phi) is 6.89. The van der Waals surface area contributed by atoms with Gasteiger partial charge in [-0.1, -0.05) is 20.3 Å². The molecular formula is C13H19F6NO5S2. The summed E-state index contributed by atoms with van der Waals surface area (Å²) >= 11 is 0. The van der Waals surface area contributed by atoms with Crippen LogP contribution in [0.15, 0.2) is 0 Å². The number of rotatable bonds is 6. The van der Waals surface area contributed by atoms with Gasteiger partial charge in [-0.3, -0.25) is 4.79 Å². The standard InChI is InChI=1S/C13H19F6NO5S2/c1-3-7(2)10(21)20-9-6-4-5-8(9)11(26(22,23)12(14,15)16)27(24,25)13(17,18)19/h7-9,11H,3-6H2,1-2H3,(H,20,21). The minimum Gasteiger partial charge on any atom is -0.353 e. The van der Waals surface area contributed by atoms with Gasteiger partial charge in [-0.05, 0) is 19.3 Å². The van der Waals surface area contributed by atoms with E-state index in [2.05, 4.69) is 5.32 Å². The molecule has 0 aromatic carbocycles. The van der Waals surface area contributed by atoms with Gasteiger partial charge >= 0.3 is 11.0 Å². The molecule has 1 amide bonds. The first-order valence-corrected chi connectivity index (χ1v) is 11.0. The molecular weight excluding hydrogens is 428 g/mol. The van der Waals surface area contributed by atoms with Crippen molar-refractivity contribution in [3.63, 3.8) is 0 Å². The zero-order chi connectivity index (χ0) is 21.4. The Labute approximate surface area is 152 Å². The van der Waals surface area contributed by atoms with E-state index in [4.69, 9.17) is 0 Å². The minimum atomic E-state index is -6.72. The lowest BCUT2D eigenvalue weighted by atomic mass is 10.0. The summed E-state index contributed by atoms with van der Waals surface area (Å²) in [5.41, 5.74) is -12.4. The van der Waals surface area contributed by atoms with Crippen LogP contribution in [-0.4, -0.2) is 44.4 Å². The number of nitrogens with one attached hydrogen (secondary N) is 1. The van der Waals surface area contributed by atoms with Crippen LogP contribution in [0.5, 0.6) is 0 Å². The van der Waals surface area contributed by atoms with Crippen LogP contribution in [0.4, 0.5) is 26.3 Å². The zero-order valence-corrected chi connectivity index (χ0v) is 15.9. The molecule has 0 spiro atoms. The van der Waals surface area contributed by atoms with Crippen molar-refractivity contribution in [3.8, 4) is 0 Å². The Hall–Kier alpha value is -1.05. The fourth-order valence-electron chi connectivity index (χ4n) is 2.89. The Morgan fingerprint density at radius 2 is 1.44 bits per heavy atom. The second-order valence-electron chi connectivity index (χ2n) is 6.37. The first-order chi connectivity index (χ1) is 12.0. The van der Waals surface area contributed by atoms with Crippen LogP contribution in [0.2, 0.25) is 0 Å². The highest BCUT2D eigenvalue weighted by molar-refractivity contribution is 8.09. The molecule has 0 saturated heterocycles. The number of hydrogen-bond donors (Lipinski definition) is 1. The second kappa shape index (κ2) is 7.76. The highest BCUT2D eigenvalue weighted by Crippen LogP contribution is 2.44. The molecule has 1 rings (SSSR count). The van der Waals surface area contributed by atoms with Crippen LogP contribution >= 0.6 is 0 Å². The van der Waals surface area contributed by atoms with Gasteiger partial charge in [0.25, 0.3) is 19.7 Å². The van der Waals surface area contributed by atoms with Gasteiger partial charge in [0, 0.05) is 17.9 Å². The summed E-state index contributed by atoms with van der Waals surface area (Å²) in [6.45, 7) is 3.07. The number of halogens is 6. The maximum atomic E-state index is 12.9. The molecule has 3 unspecified atom stereocenters. The number of hydrogen-bond acceptors (Lipinski definition) is 5. The van der Waals surface area contributed by atoms with Gasteiger partial charge in [0.05, 0.1) is 0 Å². The van der Waals surface area contributed by atoms with Crippen LogP contribution in [0, 0.1) is 11.8 Å². The summed E-state index contributed by atoms with van der Waals surface area (Å²) in [5.74, 6) is -3.42. The topological polar surface area (TPSA) is 97.4 Å². The SMILES string of the molecule is CCC(C)C(=O)NC1CCCC1C(S(=O)(=O)C(F)(F)F)S(=O)(=O)C(F)(F)F. The van der Waals surface area contributed by atoms with Crippen molar-refractivity contribution in [1.29, 1.82) is 0 Å². The molecule has 0 radical (unpaired) electrons.